The second-order valence-electron chi connectivity index (χ2n) is 8.10. The lowest BCUT2D eigenvalue weighted by Crippen LogP contribution is -2.57. The molecule has 0 radical (unpaired) electrons. The van der Waals surface area contributed by atoms with E-state index in [9.17, 15) is 14.7 Å². The van der Waals surface area contributed by atoms with Gasteiger partial charge in [-0.1, -0.05) is 41.5 Å². The Morgan fingerprint density at radius 3 is 1.48 bits per heavy atom. The van der Waals surface area contributed by atoms with Gasteiger partial charge in [-0.15, -0.1) is 0 Å². The van der Waals surface area contributed by atoms with Crippen molar-refractivity contribution in [2.75, 3.05) is 14.2 Å². The van der Waals surface area contributed by atoms with Gasteiger partial charge in [-0.3, -0.25) is 0 Å². The molecule has 152 valence electrons. The number of phenols is 1. The van der Waals surface area contributed by atoms with E-state index >= 15 is 0 Å². The summed E-state index contributed by atoms with van der Waals surface area (Å²) >= 11 is 0. The minimum absolute atomic E-state index is 0.0822. The van der Waals surface area contributed by atoms with Crippen molar-refractivity contribution in [2.45, 2.75) is 72.0 Å². The highest BCUT2D eigenvalue weighted by Gasteiger charge is 2.48. The fourth-order valence-corrected chi connectivity index (χ4v) is 12.1. The molecule has 5 nitrogen and oxygen atoms in total. The lowest BCUT2D eigenvalue weighted by atomic mass is 9.96. The third kappa shape index (κ3) is 3.51. The van der Waals surface area contributed by atoms with E-state index in [2.05, 4.69) is 41.5 Å². The van der Waals surface area contributed by atoms with Crippen molar-refractivity contribution in [1.29, 1.82) is 0 Å². The van der Waals surface area contributed by atoms with Crippen LogP contribution >= 0.6 is 0 Å². The number of phenolic OH excluding ortho intramolecular Hbond substituents is 1. The molecule has 0 fully saturated rings. The molecule has 0 bridgehead atoms. The summed E-state index contributed by atoms with van der Waals surface area (Å²) in [6, 6.07) is 0. The van der Waals surface area contributed by atoms with Crippen molar-refractivity contribution < 1.29 is 24.2 Å². The molecular formula is C21H34O5Si. The van der Waals surface area contributed by atoms with Crippen LogP contribution in [-0.2, 0) is 9.47 Å². The highest BCUT2D eigenvalue weighted by atomic mass is 28.3. The average molecular weight is 395 g/mol. The number of hydrogen-bond acceptors (Lipinski definition) is 5. The average Bonchev–Trinajstić information content (AvgIpc) is 2.58. The molecule has 6 heteroatoms. The Labute approximate surface area is 164 Å². The molecule has 1 aromatic rings. The first kappa shape index (κ1) is 23.2. The standard InChI is InChI=1S/C21H34O5Si/c1-11(2)27(12(3)4,13(5)6)19-15(8)14(7)16(20(23)25-9)17(18(19)22)21(24)26-10/h11-13,22H,1-10H3. The van der Waals surface area contributed by atoms with Crippen LogP contribution in [0.25, 0.3) is 0 Å². The van der Waals surface area contributed by atoms with Gasteiger partial charge in [-0.25, -0.2) is 9.59 Å². The molecule has 0 saturated carbocycles. The van der Waals surface area contributed by atoms with Crippen LogP contribution in [0.15, 0.2) is 0 Å². The van der Waals surface area contributed by atoms with Gasteiger partial charge >= 0.3 is 11.9 Å². The zero-order valence-electron chi connectivity index (χ0n) is 18.3. The molecule has 0 aliphatic heterocycles. The minimum Gasteiger partial charge on any atom is -0.507 e. The number of carbonyl (C=O) groups is 2. The van der Waals surface area contributed by atoms with E-state index in [1.807, 2.05) is 6.92 Å². The largest absolute Gasteiger partial charge is 0.507 e. The number of esters is 2. The van der Waals surface area contributed by atoms with Gasteiger partial charge in [0.15, 0.2) is 0 Å². The molecule has 0 aromatic heterocycles. The third-order valence-corrected chi connectivity index (χ3v) is 13.3. The van der Waals surface area contributed by atoms with Crippen molar-refractivity contribution >= 4 is 25.2 Å². The molecule has 0 amide bonds. The quantitative estimate of drug-likeness (QED) is 0.569. The minimum atomic E-state index is -2.29. The number of carbonyl (C=O) groups excluding carboxylic acids is 2. The number of hydrogen-bond donors (Lipinski definition) is 1. The van der Waals surface area contributed by atoms with Gasteiger partial charge in [0.05, 0.1) is 27.9 Å². The Kier molecular flexibility index (Phi) is 7.28. The first-order valence-corrected chi connectivity index (χ1v) is 11.7. The van der Waals surface area contributed by atoms with Gasteiger partial charge in [-0.05, 0) is 46.8 Å². The maximum absolute atomic E-state index is 12.6. The summed E-state index contributed by atoms with van der Waals surface area (Å²) in [7, 11) is 0.216. The van der Waals surface area contributed by atoms with Crippen molar-refractivity contribution in [3.8, 4) is 5.75 Å². The second-order valence-corrected chi connectivity index (χ2v) is 13.9. The van der Waals surface area contributed by atoms with E-state index in [1.54, 1.807) is 6.92 Å². The fraction of sp³-hybridized carbons (Fsp3) is 0.619. The Morgan fingerprint density at radius 1 is 0.778 bits per heavy atom. The van der Waals surface area contributed by atoms with Crippen LogP contribution in [-0.4, -0.2) is 39.3 Å². The molecule has 0 atom stereocenters. The zero-order valence-corrected chi connectivity index (χ0v) is 19.3. The topological polar surface area (TPSA) is 72.8 Å². The molecule has 0 aliphatic carbocycles. The lowest BCUT2D eigenvalue weighted by molar-refractivity contribution is 0.0551. The first-order valence-electron chi connectivity index (χ1n) is 9.44. The molecule has 1 N–H and O–H groups in total. The van der Waals surface area contributed by atoms with Crippen LogP contribution in [0.2, 0.25) is 16.6 Å². The Balaban J connectivity index is 4.21. The van der Waals surface area contributed by atoms with Crippen molar-refractivity contribution in [3.63, 3.8) is 0 Å². The number of ether oxygens (including phenoxy) is 2. The van der Waals surface area contributed by atoms with Gasteiger partial charge in [0.1, 0.15) is 11.3 Å². The molecule has 27 heavy (non-hydrogen) atoms. The van der Waals surface area contributed by atoms with Crippen LogP contribution < -0.4 is 5.19 Å². The molecule has 0 heterocycles. The monoisotopic (exact) mass is 394 g/mol. The van der Waals surface area contributed by atoms with Gasteiger partial charge in [0, 0.05) is 0 Å². The summed E-state index contributed by atoms with van der Waals surface area (Å²) in [5, 5.41) is 12.2. The summed E-state index contributed by atoms with van der Waals surface area (Å²) in [5.41, 5.74) is 2.52. The third-order valence-electron chi connectivity index (χ3n) is 6.11. The first-order chi connectivity index (χ1) is 12.4. The van der Waals surface area contributed by atoms with E-state index in [4.69, 9.17) is 9.47 Å². The summed E-state index contributed by atoms with van der Waals surface area (Å²) in [6.07, 6.45) is 0. The van der Waals surface area contributed by atoms with Crippen LogP contribution in [0.5, 0.6) is 5.75 Å². The number of methoxy groups -OCH3 is 2. The zero-order chi connectivity index (χ0) is 21.3. The maximum atomic E-state index is 12.6. The summed E-state index contributed by atoms with van der Waals surface area (Å²) in [6.45, 7) is 16.8. The van der Waals surface area contributed by atoms with Crippen LogP contribution in [0, 0.1) is 13.8 Å². The summed E-state index contributed by atoms with van der Waals surface area (Å²) in [5.74, 6) is -1.49. The molecule has 0 saturated heterocycles. The number of aromatic hydroxyl groups is 1. The lowest BCUT2D eigenvalue weighted by Gasteiger charge is -2.45. The van der Waals surface area contributed by atoms with Gasteiger partial charge in [0.25, 0.3) is 0 Å². The van der Waals surface area contributed by atoms with Crippen molar-refractivity contribution in [1.82, 2.24) is 0 Å². The van der Waals surface area contributed by atoms with Crippen molar-refractivity contribution in [2.24, 2.45) is 0 Å². The fourth-order valence-electron chi connectivity index (χ4n) is 5.04. The SMILES string of the molecule is COC(=O)c1c(C)c(C)c([Si](C(C)C)(C(C)C)C(C)C)c(O)c1C(=O)OC. The molecular weight excluding hydrogens is 360 g/mol. The maximum Gasteiger partial charge on any atom is 0.342 e. The Hall–Kier alpha value is -1.82. The van der Waals surface area contributed by atoms with E-state index < -0.39 is 20.0 Å². The Bertz CT molecular complexity index is 713. The van der Waals surface area contributed by atoms with E-state index in [-0.39, 0.29) is 16.9 Å². The van der Waals surface area contributed by atoms with Crippen molar-refractivity contribution in [3.05, 3.63) is 22.3 Å². The second kappa shape index (κ2) is 8.46. The summed E-state index contributed by atoms with van der Waals surface area (Å²) in [4.78, 5) is 25.0. The predicted molar refractivity (Wildman–Crippen MR) is 111 cm³/mol. The van der Waals surface area contributed by atoms with Crippen LogP contribution in [0.1, 0.15) is 73.4 Å². The number of rotatable bonds is 6. The van der Waals surface area contributed by atoms with Gasteiger partial charge < -0.3 is 14.6 Å². The van der Waals surface area contributed by atoms with Crippen LogP contribution in [0.3, 0.4) is 0 Å². The molecule has 0 unspecified atom stereocenters. The highest BCUT2D eigenvalue weighted by molar-refractivity contribution is 6.96. The molecule has 1 aromatic carbocycles. The van der Waals surface area contributed by atoms with E-state index in [1.165, 1.54) is 14.2 Å². The summed E-state index contributed by atoms with van der Waals surface area (Å²) < 4.78 is 9.79. The van der Waals surface area contributed by atoms with Gasteiger partial charge in [0.2, 0.25) is 0 Å². The molecule has 1 rings (SSSR count). The van der Waals surface area contributed by atoms with Crippen LogP contribution in [0.4, 0.5) is 0 Å². The normalized spacial score (nSPS) is 12.0. The molecule has 0 aliphatic rings. The highest BCUT2D eigenvalue weighted by Crippen LogP contribution is 2.45. The predicted octanol–water partition coefficient (Wildman–Crippen LogP) is 4.47. The Morgan fingerprint density at radius 2 is 1.15 bits per heavy atom. The molecule has 0 spiro atoms. The van der Waals surface area contributed by atoms with Gasteiger partial charge in [-0.2, -0.15) is 0 Å². The van der Waals surface area contributed by atoms with E-state index in [0.29, 0.717) is 22.2 Å². The number of benzene rings is 1. The smallest absolute Gasteiger partial charge is 0.342 e. The van der Waals surface area contributed by atoms with E-state index in [0.717, 1.165) is 10.8 Å².